The van der Waals surface area contributed by atoms with Crippen LogP contribution in [-0.4, -0.2) is 5.97 Å². The van der Waals surface area contributed by atoms with Crippen molar-refractivity contribution in [2.24, 2.45) is 5.92 Å². The number of hydrogen-bond donors (Lipinski definition) is 0. The van der Waals surface area contributed by atoms with Crippen LogP contribution in [0.4, 0.5) is 0 Å². The van der Waals surface area contributed by atoms with Gasteiger partial charge in [-0.1, -0.05) is 187 Å². The molecule has 2 nitrogen and oxygen atoms in total. The first-order valence-electron chi connectivity index (χ1n) is 17.7. The summed E-state index contributed by atoms with van der Waals surface area (Å²) in [5, 5.41) is 0. The molecule has 38 heavy (non-hydrogen) atoms. The topological polar surface area (TPSA) is 26.3 Å². The second kappa shape index (κ2) is 27.8. The Bertz CT molecular complexity index is 537. The van der Waals surface area contributed by atoms with Crippen molar-refractivity contribution in [1.82, 2.24) is 0 Å². The molecule has 0 bridgehead atoms. The summed E-state index contributed by atoms with van der Waals surface area (Å²) < 4.78 is 5.36. The SMILES string of the molecule is CCCCCCCCCCCCCCCCC=C1OC(=O)C1CCCCCCCCCCCCCCCC. The third-order valence-electron chi connectivity index (χ3n) is 8.60. The largest absolute Gasteiger partial charge is 0.430 e. The van der Waals surface area contributed by atoms with E-state index in [2.05, 4.69) is 19.9 Å². The predicted octanol–water partition coefficient (Wildman–Crippen LogP) is 12.8. The van der Waals surface area contributed by atoms with Crippen LogP contribution in [0.15, 0.2) is 11.8 Å². The summed E-state index contributed by atoms with van der Waals surface area (Å²) in [6, 6.07) is 0. The Balaban J connectivity index is 1.85. The summed E-state index contributed by atoms with van der Waals surface area (Å²) in [5.74, 6) is 1.09. The number of carbonyl (C=O) groups excluding carboxylic acids is 1. The van der Waals surface area contributed by atoms with E-state index in [9.17, 15) is 4.79 Å². The molecule has 1 aliphatic rings. The minimum Gasteiger partial charge on any atom is -0.430 e. The van der Waals surface area contributed by atoms with Gasteiger partial charge in [0.15, 0.2) is 0 Å². The van der Waals surface area contributed by atoms with Gasteiger partial charge >= 0.3 is 5.97 Å². The van der Waals surface area contributed by atoms with E-state index < -0.39 is 0 Å². The standard InChI is InChI=1S/C36H68O2/c1-3-5-7-9-11-13-15-17-19-21-23-25-27-29-31-33-35-34(36(37)38-35)32-30-28-26-24-22-20-18-16-14-12-10-8-6-4-2/h33-34H,3-32H2,1-2H3. The van der Waals surface area contributed by atoms with E-state index in [1.165, 1.54) is 180 Å². The zero-order valence-corrected chi connectivity index (χ0v) is 26.2. The summed E-state index contributed by atoms with van der Waals surface area (Å²) in [6.07, 6.45) is 43.2. The van der Waals surface area contributed by atoms with Crippen molar-refractivity contribution in [1.29, 1.82) is 0 Å². The van der Waals surface area contributed by atoms with E-state index >= 15 is 0 Å². The third kappa shape index (κ3) is 21.1. The van der Waals surface area contributed by atoms with E-state index in [1.54, 1.807) is 0 Å². The van der Waals surface area contributed by atoms with Crippen molar-refractivity contribution in [2.45, 2.75) is 206 Å². The van der Waals surface area contributed by atoms with Crippen molar-refractivity contribution in [3.8, 4) is 0 Å². The third-order valence-corrected chi connectivity index (χ3v) is 8.60. The van der Waals surface area contributed by atoms with Gasteiger partial charge in [-0.25, -0.2) is 0 Å². The molecule has 0 aromatic carbocycles. The maximum absolute atomic E-state index is 11.9. The lowest BCUT2D eigenvalue weighted by atomic mass is 9.93. The van der Waals surface area contributed by atoms with E-state index in [1.807, 2.05) is 0 Å². The van der Waals surface area contributed by atoms with Crippen LogP contribution >= 0.6 is 0 Å². The van der Waals surface area contributed by atoms with Crippen molar-refractivity contribution in [3.05, 3.63) is 11.8 Å². The number of cyclic esters (lactones) is 1. The Morgan fingerprint density at radius 1 is 0.474 bits per heavy atom. The molecule has 1 fully saturated rings. The van der Waals surface area contributed by atoms with E-state index in [0.29, 0.717) is 0 Å². The molecule has 0 aromatic heterocycles. The molecule has 1 aliphatic heterocycles. The first-order valence-corrected chi connectivity index (χ1v) is 17.7. The average Bonchev–Trinajstić information content (AvgIpc) is 2.92. The Hall–Kier alpha value is -0.790. The first kappa shape index (κ1) is 35.2. The Labute approximate surface area is 239 Å². The van der Waals surface area contributed by atoms with Gasteiger partial charge in [0, 0.05) is 0 Å². The quantitative estimate of drug-likeness (QED) is 0.0679. The highest BCUT2D eigenvalue weighted by Crippen LogP contribution is 2.32. The summed E-state index contributed by atoms with van der Waals surface area (Å²) in [6.45, 7) is 4.58. The van der Waals surface area contributed by atoms with E-state index in [0.717, 1.165) is 18.6 Å². The highest BCUT2D eigenvalue weighted by molar-refractivity contribution is 5.82. The van der Waals surface area contributed by atoms with Crippen LogP contribution in [0.2, 0.25) is 0 Å². The molecule has 1 saturated heterocycles. The highest BCUT2D eigenvalue weighted by atomic mass is 16.6. The fraction of sp³-hybridized carbons (Fsp3) is 0.917. The Morgan fingerprint density at radius 3 is 1.13 bits per heavy atom. The maximum atomic E-state index is 11.9. The molecule has 0 saturated carbocycles. The van der Waals surface area contributed by atoms with Gasteiger partial charge in [-0.15, -0.1) is 0 Å². The van der Waals surface area contributed by atoms with Gasteiger partial charge in [0.25, 0.3) is 0 Å². The molecule has 0 spiro atoms. The minimum atomic E-state index is 0.0203. The van der Waals surface area contributed by atoms with Crippen molar-refractivity contribution >= 4 is 5.97 Å². The lowest BCUT2D eigenvalue weighted by Crippen LogP contribution is -2.32. The van der Waals surface area contributed by atoms with Gasteiger partial charge in [-0.3, -0.25) is 4.79 Å². The molecule has 224 valence electrons. The number of carbonyl (C=O) groups is 1. The second-order valence-electron chi connectivity index (χ2n) is 12.3. The number of ether oxygens (including phenoxy) is 1. The van der Waals surface area contributed by atoms with Crippen molar-refractivity contribution < 1.29 is 9.53 Å². The fourth-order valence-corrected chi connectivity index (χ4v) is 5.89. The number of rotatable bonds is 30. The first-order chi connectivity index (χ1) is 18.8. The van der Waals surface area contributed by atoms with Crippen LogP contribution in [0, 0.1) is 5.92 Å². The van der Waals surface area contributed by atoms with Crippen molar-refractivity contribution in [3.63, 3.8) is 0 Å². The molecule has 2 heteroatoms. The zero-order chi connectivity index (χ0) is 27.4. The summed E-state index contributed by atoms with van der Waals surface area (Å²) in [4.78, 5) is 11.9. The molecule has 0 aromatic rings. The minimum absolute atomic E-state index is 0.0203. The maximum Gasteiger partial charge on any atom is 0.321 e. The van der Waals surface area contributed by atoms with Crippen LogP contribution in [0.5, 0.6) is 0 Å². The van der Waals surface area contributed by atoms with Crippen LogP contribution in [0.25, 0.3) is 0 Å². The van der Waals surface area contributed by atoms with Crippen LogP contribution in [0.1, 0.15) is 206 Å². The second-order valence-corrected chi connectivity index (χ2v) is 12.3. The van der Waals surface area contributed by atoms with Gasteiger partial charge < -0.3 is 4.74 Å². The monoisotopic (exact) mass is 533 g/mol. The Kier molecular flexibility index (Phi) is 25.7. The molecule has 1 atom stereocenters. The van der Waals surface area contributed by atoms with Gasteiger partial charge in [0.05, 0.1) is 0 Å². The molecule has 1 unspecified atom stereocenters. The molecular weight excluding hydrogens is 464 g/mol. The molecular formula is C36H68O2. The van der Waals surface area contributed by atoms with Crippen LogP contribution in [0.3, 0.4) is 0 Å². The summed E-state index contributed by atoms with van der Waals surface area (Å²) >= 11 is 0. The Morgan fingerprint density at radius 2 is 0.789 bits per heavy atom. The summed E-state index contributed by atoms with van der Waals surface area (Å²) in [7, 11) is 0. The number of hydrogen-bond acceptors (Lipinski definition) is 2. The zero-order valence-electron chi connectivity index (χ0n) is 26.2. The van der Waals surface area contributed by atoms with Gasteiger partial charge in [-0.05, 0) is 25.3 Å². The van der Waals surface area contributed by atoms with Crippen molar-refractivity contribution in [2.75, 3.05) is 0 Å². The predicted molar refractivity (Wildman–Crippen MR) is 168 cm³/mol. The molecule has 0 aliphatic carbocycles. The van der Waals surface area contributed by atoms with Gasteiger partial charge in [0.1, 0.15) is 11.7 Å². The number of unbranched alkanes of at least 4 members (excludes halogenated alkanes) is 27. The molecule has 0 N–H and O–H groups in total. The van der Waals surface area contributed by atoms with E-state index in [-0.39, 0.29) is 11.9 Å². The normalized spacial score (nSPS) is 16.2. The van der Waals surface area contributed by atoms with Crippen LogP contribution in [-0.2, 0) is 9.53 Å². The number of esters is 1. The number of allylic oxidation sites excluding steroid dienone is 1. The van der Waals surface area contributed by atoms with Gasteiger partial charge in [0.2, 0.25) is 0 Å². The summed E-state index contributed by atoms with van der Waals surface area (Å²) in [5.41, 5.74) is 0. The molecule has 0 radical (unpaired) electrons. The fourth-order valence-electron chi connectivity index (χ4n) is 5.89. The highest BCUT2D eigenvalue weighted by Gasteiger charge is 2.36. The molecule has 1 heterocycles. The van der Waals surface area contributed by atoms with Gasteiger partial charge in [-0.2, -0.15) is 0 Å². The lowest BCUT2D eigenvalue weighted by Gasteiger charge is -2.28. The smallest absolute Gasteiger partial charge is 0.321 e. The average molecular weight is 533 g/mol. The molecule has 0 amide bonds. The van der Waals surface area contributed by atoms with E-state index in [4.69, 9.17) is 4.74 Å². The van der Waals surface area contributed by atoms with Crippen LogP contribution < -0.4 is 0 Å². The molecule has 1 rings (SSSR count). The lowest BCUT2D eigenvalue weighted by molar-refractivity contribution is -0.157.